The second-order valence-electron chi connectivity index (χ2n) is 6.19. The van der Waals surface area contributed by atoms with Crippen LogP contribution in [0.3, 0.4) is 0 Å². The molecule has 1 heterocycles. The molecule has 0 bridgehead atoms. The molecule has 2 aromatic carbocycles. The van der Waals surface area contributed by atoms with Gasteiger partial charge in [-0.05, 0) is 54.2 Å². The zero-order valence-electron chi connectivity index (χ0n) is 14.7. The average molecular weight is 356 g/mol. The van der Waals surface area contributed by atoms with Gasteiger partial charge in [0.2, 0.25) is 6.79 Å². The Kier molecular flexibility index (Phi) is 5.11. The lowest BCUT2D eigenvalue weighted by molar-refractivity contribution is -0.141. The first-order valence-electron chi connectivity index (χ1n) is 8.27. The number of carboxylic acid groups (broad SMARTS) is 1. The maximum absolute atomic E-state index is 11.9. The Bertz CT molecular complexity index is 842. The lowest BCUT2D eigenvalue weighted by Gasteiger charge is -2.19. The fourth-order valence-electron chi connectivity index (χ4n) is 3.16. The number of ether oxygens (including phenoxy) is 3. The third-order valence-electron chi connectivity index (χ3n) is 4.65. The summed E-state index contributed by atoms with van der Waals surface area (Å²) in [5.41, 5.74) is 2.77. The molecule has 6 nitrogen and oxygen atoms in total. The van der Waals surface area contributed by atoms with Crippen LogP contribution in [0, 0.1) is 6.92 Å². The number of aromatic carboxylic acids is 1. The first-order valence-corrected chi connectivity index (χ1v) is 8.27. The van der Waals surface area contributed by atoms with Gasteiger partial charge in [0.25, 0.3) is 0 Å². The van der Waals surface area contributed by atoms with E-state index in [0.29, 0.717) is 23.5 Å². The summed E-state index contributed by atoms with van der Waals surface area (Å²) >= 11 is 0. The minimum atomic E-state index is -0.961. The fourth-order valence-corrected chi connectivity index (χ4v) is 3.16. The van der Waals surface area contributed by atoms with Crippen LogP contribution in [-0.2, 0) is 16.0 Å². The van der Waals surface area contributed by atoms with E-state index >= 15 is 0 Å². The molecule has 6 heteroatoms. The summed E-state index contributed by atoms with van der Waals surface area (Å²) in [5.74, 6) is -0.126. The van der Waals surface area contributed by atoms with Gasteiger partial charge in [-0.1, -0.05) is 18.2 Å². The van der Waals surface area contributed by atoms with Gasteiger partial charge < -0.3 is 19.3 Å². The summed E-state index contributed by atoms with van der Waals surface area (Å²) in [6.45, 7) is 1.97. The number of benzene rings is 2. The molecule has 136 valence electrons. The van der Waals surface area contributed by atoms with Crippen LogP contribution in [0.4, 0.5) is 0 Å². The monoisotopic (exact) mass is 356 g/mol. The predicted octanol–water partition coefficient (Wildman–Crippen LogP) is 3.31. The van der Waals surface area contributed by atoms with Crippen LogP contribution in [0.25, 0.3) is 0 Å². The topological polar surface area (TPSA) is 82.1 Å². The van der Waals surface area contributed by atoms with E-state index in [4.69, 9.17) is 14.2 Å². The SMILES string of the molecule is COC(=O)CC(Cc1cccc(C(=O)O)c1C)c1ccc2c(c1)OCO2. The molecule has 1 unspecified atom stereocenters. The minimum absolute atomic E-state index is 0.167. The second-order valence-corrected chi connectivity index (χ2v) is 6.19. The van der Waals surface area contributed by atoms with Crippen LogP contribution in [-0.4, -0.2) is 30.9 Å². The Morgan fingerprint density at radius 1 is 1.19 bits per heavy atom. The van der Waals surface area contributed by atoms with E-state index in [1.807, 2.05) is 24.3 Å². The number of rotatable bonds is 6. The molecule has 0 amide bonds. The molecule has 1 aliphatic rings. The largest absolute Gasteiger partial charge is 0.478 e. The van der Waals surface area contributed by atoms with Crippen molar-refractivity contribution in [3.63, 3.8) is 0 Å². The van der Waals surface area contributed by atoms with Gasteiger partial charge in [0.1, 0.15) is 0 Å². The van der Waals surface area contributed by atoms with Crippen LogP contribution in [0.5, 0.6) is 11.5 Å². The first-order chi connectivity index (χ1) is 12.5. The Labute approximate surface area is 151 Å². The zero-order valence-corrected chi connectivity index (χ0v) is 14.7. The minimum Gasteiger partial charge on any atom is -0.478 e. The highest BCUT2D eigenvalue weighted by molar-refractivity contribution is 5.89. The molecular formula is C20H20O6. The number of hydrogen-bond acceptors (Lipinski definition) is 5. The van der Waals surface area contributed by atoms with Crippen LogP contribution in [0.1, 0.15) is 39.4 Å². The molecule has 1 atom stereocenters. The van der Waals surface area contributed by atoms with Gasteiger partial charge in [0, 0.05) is 0 Å². The van der Waals surface area contributed by atoms with Crippen LogP contribution < -0.4 is 9.47 Å². The summed E-state index contributed by atoms with van der Waals surface area (Å²) in [6, 6.07) is 10.8. The molecule has 0 radical (unpaired) electrons. The maximum atomic E-state index is 11.9. The number of carbonyl (C=O) groups excluding carboxylic acids is 1. The highest BCUT2D eigenvalue weighted by Gasteiger charge is 2.22. The fraction of sp³-hybridized carbons (Fsp3) is 0.300. The number of carbonyl (C=O) groups is 2. The molecule has 1 N–H and O–H groups in total. The number of methoxy groups -OCH3 is 1. The highest BCUT2D eigenvalue weighted by Crippen LogP contribution is 2.37. The molecule has 0 saturated heterocycles. The zero-order chi connectivity index (χ0) is 18.7. The van der Waals surface area contributed by atoms with Crippen molar-refractivity contribution in [3.05, 3.63) is 58.7 Å². The molecule has 0 aliphatic carbocycles. The second kappa shape index (κ2) is 7.47. The Hall–Kier alpha value is -3.02. The molecule has 26 heavy (non-hydrogen) atoms. The molecule has 0 fully saturated rings. The van der Waals surface area contributed by atoms with Crippen molar-refractivity contribution in [1.29, 1.82) is 0 Å². The Morgan fingerprint density at radius 3 is 2.69 bits per heavy atom. The van der Waals surface area contributed by atoms with Gasteiger partial charge in [-0.25, -0.2) is 4.79 Å². The number of carboxylic acids is 1. The maximum Gasteiger partial charge on any atom is 0.335 e. The van der Waals surface area contributed by atoms with Crippen molar-refractivity contribution in [2.75, 3.05) is 13.9 Å². The molecule has 0 aromatic heterocycles. The summed E-state index contributed by atoms with van der Waals surface area (Å²) in [4.78, 5) is 23.3. The van der Waals surface area contributed by atoms with E-state index < -0.39 is 5.97 Å². The lowest BCUT2D eigenvalue weighted by Crippen LogP contribution is -2.13. The van der Waals surface area contributed by atoms with Crippen molar-refractivity contribution < 1.29 is 28.9 Å². The first kappa shape index (κ1) is 17.8. The molecule has 2 aromatic rings. The normalized spacial score (nSPS) is 13.3. The van der Waals surface area contributed by atoms with E-state index in [9.17, 15) is 14.7 Å². The van der Waals surface area contributed by atoms with E-state index in [2.05, 4.69) is 0 Å². The summed E-state index contributed by atoms with van der Waals surface area (Å²) < 4.78 is 15.6. The molecule has 1 aliphatic heterocycles. The molecule has 3 rings (SSSR count). The van der Waals surface area contributed by atoms with Crippen LogP contribution in [0.15, 0.2) is 36.4 Å². The Morgan fingerprint density at radius 2 is 1.96 bits per heavy atom. The van der Waals surface area contributed by atoms with Crippen molar-refractivity contribution in [3.8, 4) is 11.5 Å². The lowest BCUT2D eigenvalue weighted by atomic mass is 9.86. The van der Waals surface area contributed by atoms with Crippen LogP contribution >= 0.6 is 0 Å². The number of hydrogen-bond donors (Lipinski definition) is 1. The van der Waals surface area contributed by atoms with Gasteiger partial charge in [-0.3, -0.25) is 4.79 Å². The van der Waals surface area contributed by atoms with E-state index in [1.165, 1.54) is 7.11 Å². The van der Waals surface area contributed by atoms with Crippen LogP contribution in [0.2, 0.25) is 0 Å². The summed E-state index contributed by atoms with van der Waals surface area (Å²) in [5, 5.41) is 9.33. The smallest absolute Gasteiger partial charge is 0.335 e. The summed E-state index contributed by atoms with van der Waals surface area (Å²) in [6.07, 6.45) is 0.703. The summed E-state index contributed by atoms with van der Waals surface area (Å²) in [7, 11) is 1.36. The number of esters is 1. The van der Waals surface area contributed by atoms with Gasteiger partial charge in [0.15, 0.2) is 11.5 Å². The molecule has 0 saturated carbocycles. The average Bonchev–Trinajstić information content (AvgIpc) is 3.10. The van der Waals surface area contributed by atoms with E-state index in [-0.39, 0.29) is 30.7 Å². The van der Waals surface area contributed by atoms with Gasteiger partial charge in [-0.2, -0.15) is 0 Å². The van der Waals surface area contributed by atoms with Gasteiger partial charge >= 0.3 is 11.9 Å². The van der Waals surface area contributed by atoms with Gasteiger partial charge in [0.05, 0.1) is 19.1 Å². The van der Waals surface area contributed by atoms with Crippen molar-refractivity contribution in [2.24, 2.45) is 0 Å². The van der Waals surface area contributed by atoms with Crippen molar-refractivity contribution in [2.45, 2.75) is 25.7 Å². The third-order valence-corrected chi connectivity index (χ3v) is 4.65. The Balaban J connectivity index is 1.93. The van der Waals surface area contributed by atoms with Gasteiger partial charge in [-0.15, -0.1) is 0 Å². The predicted molar refractivity (Wildman–Crippen MR) is 93.8 cm³/mol. The molecule has 0 spiro atoms. The van der Waals surface area contributed by atoms with E-state index in [1.54, 1.807) is 19.1 Å². The van der Waals surface area contributed by atoms with Crippen molar-refractivity contribution >= 4 is 11.9 Å². The standard InChI is InChI=1S/C20H20O6/c1-12-13(4-3-5-16(12)20(22)23)8-15(10-19(21)24-2)14-6-7-17-18(9-14)26-11-25-17/h3-7,9,15H,8,10-11H2,1-2H3,(H,22,23). The third kappa shape index (κ3) is 3.64. The number of fused-ring (bicyclic) bond motifs is 1. The highest BCUT2D eigenvalue weighted by atomic mass is 16.7. The van der Waals surface area contributed by atoms with Crippen molar-refractivity contribution in [1.82, 2.24) is 0 Å². The molecular weight excluding hydrogens is 336 g/mol. The van der Waals surface area contributed by atoms with E-state index in [0.717, 1.165) is 11.1 Å². The quantitative estimate of drug-likeness (QED) is 0.800.